The highest BCUT2D eigenvalue weighted by Crippen LogP contribution is 2.02. The van der Waals surface area contributed by atoms with Crippen LogP contribution in [0.3, 0.4) is 0 Å². The second kappa shape index (κ2) is 3.73. The number of aliphatic hydroxyl groups excluding tert-OH is 1. The minimum Gasteiger partial charge on any atom is -0.465 e. The number of carboxylic acid groups (broad SMARTS) is 1. The maximum absolute atomic E-state index is 10.5. The predicted molar refractivity (Wildman–Crippen MR) is 43.1 cm³/mol. The molecule has 0 saturated carbocycles. The fraction of sp³-hybridized carbons (Fsp3) is 0.857. The van der Waals surface area contributed by atoms with E-state index in [0.717, 1.165) is 0 Å². The van der Waals surface area contributed by atoms with Crippen molar-refractivity contribution in [3.8, 4) is 0 Å². The number of rotatable bonds is 0. The van der Waals surface area contributed by atoms with Gasteiger partial charge in [-0.15, -0.1) is 0 Å². The van der Waals surface area contributed by atoms with Crippen molar-refractivity contribution in [1.82, 2.24) is 10.2 Å². The van der Waals surface area contributed by atoms with Crippen LogP contribution in [0.4, 0.5) is 4.79 Å². The van der Waals surface area contributed by atoms with E-state index >= 15 is 0 Å². The van der Waals surface area contributed by atoms with Gasteiger partial charge in [0, 0.05) is 19.1 Å². The van der Waals surface area contributed by atoms with Crippen molar-refractivity contribution < 1.29 is 15.0 Å². The van der Waals surface area contributed by atoms with Crippen LogP contribution in [0.2, 0.25) is 0 Å². The van der Waals surface area contributed by atoms with Crippen molar-refractivity contribution in [2.75, 3.05) is 19.6 Å². The third-order valence-corrected chi connectivity index (χ3v) is 2.10. The highest BCUT2D eigenvalue weighted by molar-refractivity contribution is 5.65. The molecule has 0 aliphatic carbocycles. The van der Waals surface area contributed by atoms with Gasteiger partial charge in [0.05, 0.1) is 12.6 Å². The molecule has 70 valence electrons. The first kappa shape index (κ1) is 9.28. The third-order valence-electron chi connectivity index (χ3n) is 2.10. The first-order valence-electron chi connectivity index (χ1n) is 4.00. The van der Waals surface area contributed by atoms with Crippen LogP contribution < -0.4 is 5.32 Å². The van der Waals surface area contributed by atoms with Crippen molar-refractivity contribution >= 4 is 6.09 Å². The molecule has 0 aromatic carbocycles. The zero-order valence-corrected chi connectivity index (χ0v) is 7.03. The minimum atomic E-state index is -0.968. The van der Waals surface area contributed by atoms with Crippen LogP contribution in [-0.4, -0.2) is 53.0 Å². The highest BCUT2D eigenvalue weighted by atomic mass is 16.4. The van der Waals surface area contributed by atoms with Gasteiger partial charge in [0.1, 0.15) is 0 Å². The second-order valence-electron chi connectivity index (χ2n) is 3.04. The van der Waals surface area contributed by atoms with Crippen LogP contribution in [0.1, 0.15) is 6.92 Å². The fourth-order valence-electron chi connectivity index (χ4n) is 1.21. The molecule has 0 radical (unpaired) electrons. The van der Waals surface area contributed by atoms with E-state index in [1.807, 2.05) is 6.92 Å². The molecular formula is C7H14N2O3. The van der Waals surface area contributed by atoms with Crippen molar-refractivity contribution in [3.05, 3.63) is 0 Å². The summed E-state index contributed by atoms with van der Waals surface area (Å²) < 4.78 is 0. The first-order chi connectivity index (χ1) is 5.61. The van der Waals surface area contributed by atoms with Crippen LogP contribution in [0.15, 0.2) is 0 Å². The van der Waals surface area contributed by atoms with E-state index in [-0.39, 0.29) is 12.6 Å². The first-order valence-corrected chi connectivity index (χ1v) is 4.00. The molecule has 1 aliphatic rings. The molecular weight excluding hydrogens is 160 g/mol. The Hall–Kier alpha value is -0.810. The summed E-state index contributed by atoms with van der Waals surface area (Å²) in [4.78, 5) is 11.8. The van der Waals surface area contributed by atoms with Gasteiger partial charge in [0.25, 0.3) is 0 Å². The van der Waals surface area contributed by atoms with E-state index in [1.165, 1.54) is 4.90 Å². The molecule has 12 heavy (non-hydrogen) atoms. The Balaban J connectivity index is 2.54. The molecule has 0 aromatic rings. The lowest BCUT2D eigenvalue weighted by molar-refractivity contribution is 0.0949. The molecule has 2 unspecified atom stereocenters. The van der Waals surface area contributed by atoms with Gasteiger partial charge in [-0.2, -0.15) is 0 Å². The summed E-state index contributed by atoms with van der Waals surface area (Å²) in [5.74, 6) is 0. The van der Waals surface area contributed by atoms with Gasteiger partial charge in [-0.25, -0.2) is 4.79 Å². The van der Waals surface area contributed by atoms with Crippen LogP contribution >= 0.6 is 0 Å². The number of carbonyl (C=O) groups is 1. The van der Waals surface area contributed by atoms with Gasteiger partial charge in [-0.05, 0) is 6.92 Å². The standard InChI is InChI=1S/C7H14N2O3/c1-5-6(10)4-9(7(11)12)3-2-8-5/h5-6,8,10H,2-4H2,1H3,(H,11,12). The lowest BCUT2D eigenvalue weighted by Gasteiger charge is -2.19. The number of nitrogens with zero attached hydrogens (tertiary/aromatic N) is 1. The van der Waals surface area contributed by atoms with Gasteiger partial charge >= 0.3 is 6.09 Å². The molecule has 1 heterocycles. The number of hydrogen-bond acceptors (Lipinski definition) is 3. The molecule has 1 rings (SSSR count). The molecule has 0 aromatic heterocycles. The number of aliphatic hydroxyl groups is 1. The van der Waals surface area contributed by atoms with Crippen molar-refractivity contribution in [3.63, 3.8) is 0 Å². The van der Waals surface area contributed by atoms with E-state index in [1.54, 1.807) is 0 Å². The Bertz CT molecular complexity index is 174. The molecule has 1 amide bonds. The Morgan fingerprint density at radius 1 is 1.67 bits per heavy atom. The monoisotopic (exact) mass is 174 g/mol. The lowest BCUT2D eigenvalue weighted by atomic mass is 10.2. The van der Waals surface area contributed by atoms with E-state index in [0.29, 0.717) is 13.1 Å². The van der Waals surface area contributed by atoms with E-state index in [4.69, 9.17) is 5.11 Å². The average Bonchev–Trinajstić information content (AvgIpc) is 2.15. The van der Waals surface area contributed by atoms with E-state index in [9.17, 15) is 9.90 Å². The molecule has 1 saturated heterocycles. The largest absolute Gasteiger partial charge is 0.465 e. The summed E-state index contributed by atoms with van der Waals surface area (Å²) in [7, 11) is 0. The summed E-state index contributed by atoms with van der Waals surface area (Å²) >= 11 is 0. The number of β-amino-alcohol motifs (C(OH)–C–C–N with tert-alkyl or cyclic N) is 1. The predicted octanol–water partition coefficient (Wildman–Crippen LogP) is -0.681. The van der Waals surface area contributed by atoms with E-state index < -0.39 is 12.2 Å². The number of nitrogens with one attached hydrogen (secondary N) is 1. The summed E-state index contributed by atoms with van der Waals surface area (Å²) in [6.45, 7) is 3.08. The Morgan fingerprint density at radius 2 is 2.33 bits per heavy atom. The molecule has 5 heteroatoms. The molecule has 1 aliphatic heterocycles. The number of amides is 1. The van der Waals surface area contributed by atoms with E-state index in [2.05, 4.69) is 5.32 Å². The zero-order chi connectivity index (χ0) is 9.14. The van der Waals surface area contributed by atoms with Crippen LogP contribution in [0.25, 0.3) is 0 Å². The molecule has 3 N–H and O–H groups in total. The summed E-state index contributed by atoms with van der Waals surface area (Å²) in [5, 5.41) is 21.1. The Kier molecular flexibility index (Phi) is 2.88. The maximum atomic E-state index is 10.5. The van der Waals surface area contributed by atoms with Crippen molar-refractivity contribution in [2.45, 2.75) is 19.1 Å². The third kappa shape index (κ3) is 2.09. The summed E-state index contributed by atoms with van der Waals surface area (Å²) in [6, 6.07) is -0.0330. The maximum Gasteiger partial charge on any atom is 0.407 e. The Morgan fingerprint density at radius 3 is 2.92 bits per heavy atom. The van der Waals surface area contributed by atoms with Gasteiger partial charge in [-0.3, -0.25) is 0 Å². The average molecular weight is 174 g/mol. The van der Waals surface area contributed by atoms with Gasteiger partial charge < -0.3 is 20.4 Å². The Labute approximate surface area is 71.0 Å². The molecule has 2 atom stereocenters. The molecule has 0 spiro atoms. The molecule has 0 bridgehead atoms. The summed E-state index contributed by atoms with van der Waals surface area (Å²) in [6.07, 6.45) is -1.58. The normalized spacial score (nSPS) is 31.3. The van der Waals surface area contributed by atoms with Crippen molar-refractivity contribution in [2.24, 2.45) is 0 Å². The molecule has 5 nitrogen and oxygen atoms in total. The quantitative estimate of drug-likeness (QED) is 0.455. The van der Waals surface area contributed by atoms with Crippen LogP contribution in [0, 0.1) is 0 Å². The fourth-order valence-corrected chi connectivity index (χ4v) is 1.21. The lowest BCUT2D eigenvalue weighted by Crippen LogP contribution is -2.40. The van der Waals surface area contributed by atoms with Gasteiger partial charge in [-0.1, -0.05) is 0 Å². The number of hydrogen-bond donors (Lipinski definition) is 3. The summed E-state index contributed by atoms with van der Waals surface area (Å²) in [5.41, 5.74) is 0. The topological polar surface area (TPSA) is 72.8 Å². The SMILES string of the molecule is CC1NCCN(C(=O)O)CC1O. The van der Waals surface area contributed by atoms with Crippen LogP contribution in [-0.2, 0) is 0 Å². The van der Waals surface area contributed by atoms with Gasteiger partial charge in [0.15, 0.2) is 0 Å². The minimum absolute atomic E-state index is 0.0330. The van der Waals surface area contributed by atoms with Gasteiger partial charge in [0.2, 0.25) is 0 Å². The highest BCUT2D eigenvalue weighted by Gasteiger charge is 2.23. The second-order valence-corrected chi connectivity index (χ2v) is 3.04. The smallest absolute Gasteiger partial charge is 0.407 e. The zero-order valence-electron chi connectivity index (χ0n) is 7.03. The van der Waals surface area contributed by atoms with Crippen LogP contribution in [0.5, 0.6) is 0 Å². The van der Waals surface area contributed by atoms with Crippen molar-refractivity contribution in [1.29, 1.82) is 0 Å². The molecule has 1 fully saturated rings.